The van der Waals surface area contributed by atoms with Gasteiger partial charge in [0.05, 0.1) is 0 Å². The third-order valence-corrected chi connectivity index (χ3v) is 3.21. The molecule has 62 valence electrons. The second-order valence-electron chi connectivity index (χ2n) is 4.07. The number of fused-ring (bicyclic) bond motifs is 1. The molecule has 0 radical (unpaired) electrons. The Morgan fingerprint density at radius 1 is 1.45 bits per heavy atom. The predicted molar refractivity (Wildman–Crippen MR) is 44.2 cm³/mol. The van der Waals surface area contributed by atoms with E-state index in [-0.39, 0.29) is 0 Å². The van der Waals surface area contributed by atoms with Crippen LogP contribution in [0.1, 0.15) is 39.0 Å². The smallest absolute Gasteiger partial charge is 0.139 e. The Hall–Kier alpha value is -0.330. The van der Waals surface area contributed by atoms with Crippen molar-refractivity contribution >= 4 is 5.78 Å². The van der Waals surface area contributed by atoms with Gasteiger partial charge in [0.2, 0.25) is 0 Å². The molecule has 0 bridgehead atoms. The lowest BCUT2D eigenvalue weighted by molar-refractivity contribution is -0.126. The molecule has 2 saturated carbocycles. The van der Waals surface area contributed by atoms with Crippen LogP contribution in [-0.4, -0.2) is 5.78 Å². The molecule has 0 N–H and O–H groups in total. The first-order chi connectivity index (χ1) is 5.33. The van der Waals surface area contributed by atoms with Crippen molar-refractivity contribution in [2.24, 2.45) is 17.8 Å². The van der Waals surface area contributed by atoms with Gasteiger partial charge in [0.25, 0.3) is 0 Å². The van der Waals surface area contributed by atoms with E-state index < -0.39 is 0 Å². The fourth-order valence-electron chi connectivity index (χ4n) is 2.41. The van der Waals surface area contributed by atoms with E-state index in [1.54, 1.807) is 0 Å². The second-order valence-corrected chi connectivity index (χ2v) is 4.07. The van der Waals surface area contributed by atoms with Gasteiger partial charge in [-0.1, -0.05) is 13.3 Å². The number of carbonyl (C=O) groups is 1. The maximum atomic E-state index is 11.6. The maximum Gasteiger partial charge on any atom is 0.139 e. The molecule has 0 aromatic carbocycles. The van der Waals surface area contributed by atoms with E-state index in [1.165, 1.54) is 25.7 Å². The average molecular weight is 152 g/mol. The monoisotopic (exact) mass is 152 g/mol. The molecule has 0 unspecified atom stereocenters. The van der Waals surface area contributed by atoms with Crippen LogP contribution in [0.5, 0.6) is 0 Å². The first-order valence-corrected chi connectivity index (χ1v) is 4.86. The van der Waals surface area contributed by atoms with Crippen LogP contribution in [-0.2, 0) is 4.79 Å². The molecule has 0 heterocycles. The minimum absolute atomic E-state index is 0.448. The molecule has 0 aliphatic heterocycles. The minimum Gasteiger partial charge on any atom is -0.299 e. The van der Waals surface area contributed by atoms with Gasteiger partial charge >= 0.3 is 0 Å². The SMILES string of the molecule is CCC[C@@H]1CC[C@@H]2C[C@@H]2C1=O. The predicted octanol–water partition coefficient (Wildman–Crippen LogP) is 2.40. The van der Waals surface area contributed by atoms with Crippen molar-refractivity contribution in [3.05, 3.63) is 0 Å². The highest BCUT2D eigenvalue weighted by Crippen LogP contribution is 2.49. The van der Waals surface area contributed by atoms with E-state index in [1.807, 2.05) is 0 Å². The average Bonchev–Trinajstić information content (AvgIpc) is 2.75. The molecular formula is C10H16O. The zero-order chi connectivity index (χ0) is 7.84. The zero-order valence-corrected chi connectivity index (χ0v) is 7.18. The van der Waals surface area contributed by atoms with Crippen LogP contribution in [0, 0.1) is 17.8 Å². The van der Waals surface area contributed by atoms with Crippen LogP contribution in [0.25, 0.3) is 0 Å². The summed E-state index contributed by atoms with van der Waals surface area (Å²) in [6.07, 6.45) is 6.06. The molecule has 3 atom stereocenters. The minimum atomic E-state index is 0.448. The third-order valence-electron chi connectivity index (χ3n) is 3.21. The van der Waals surface area contributed by atoms with Crippen molar-refractivity contribution in [1.29, 1.82) is 0 Å². The largest absolute Gasteiger partial charge is 0.299 e. The number of rotatable bonds is 2. The van der Waals surface area contributed by atoms with Crippen LogP contribution in [0.2, 0.25) is 0 Å². The Morgan fingerprint density at radius 3 is 3.00 bits per heavy atom. The summed E-state index contributed by atoms with van der Waals surface area (Å²) in [6.45, 7) is 2.17. The third kappa shape index (κ3) is 1.21. The second kappa shape index (κ2) is 2.62. The van der Waals surface area contributed by atoms with E-state index in [0.29, 0.717) is 17.6 Å². The molecule has 1 nitrogen and oxygen atoms in total. The molecule has 2 fully saturated rings. The topological polar surface area (TPSA) is 17.1 Å². The van der Waals surface area contributed by atoms with Gasteiger partial charge in [-0.05, 0) is 31.6 Å². The number of ketones is 1. The Morgan fingerprint density at radius 2 is 2.27 bits per heavy atom. The Labute approximate surface area is 68.2 Å². The summed E-state index contributed by atoms with van der Waals surface area (Å²) in [4.78, 5) is 11.6. The highest BCUT2D eigenvalue weighted by molar-refractivity contribution is 5.86. The van der Waals surface area contributed by atoms with Gasteiger partial charge in [0.1, 0.15) is 5.78 Å². The van der Waals surface area contributed by atoms with Gasteiger partial charge < -0.3 is 0 Å². The summed E-state index contributed by atoms with van der Waals surface area (Å²) < 4.78 is 0. The van der Waals surface area contributed by atoms with Crippen molar-refractivity contribution in [2.75, 3.05) is 0 Å². The molecule has 1 heteroatoms. The van der Waals surface area contributed by atoms with Crippen molar-refractivity contribution < 1.29 is 4.79 Å². The van der Waals surface area contributed by atoms with E-state index >= 15 is 0 Å². The van der Waals surface area contributed by atoms with E-state index in [0.717, 1.165) is 12.3 Å². The fourth-order valence-corrected chi connectivity index (χ4v) is 2.41. The summed E-state index contributed by atoms with van der Waals surface area (Å²) in [5.41, 5.74) is 0. The lowest BCUT2D eigenvalue weighted by atomic mass is 9.85. The van der Waals surface area contributed by atoms with Crippen molar-refractivity contribution in [2.45, 2.75) is 39.0 Å². The number of Topliss-reactive ketones (excluding diaryl/α,β-unsaturated/α-hetero) is 1. The Balaban J connectivity index is 1.94. The van der Waals surface area contributed by atoms with Gasteiger partial charge in [-0.15, -0.1) is 0 Å². The molecule has 0 spiro atoms. The molecule has 2 aliphatic rings. The van der Waals surface area contributed by atoms with Crippen LogP contribution < -0.4 is 0 Å². The van der Waals surface area contributed by atoms with Crippen molar-refractivity contribution in [3.63, 3.8) is 0 Å². The highest BCUT2D eigenvalue weighted by Gasteiger charge is 2.48. The highest BCUT2D eigenvalue weighted by atomic mass is 16.1. The van der Waals surface area contributed by atoms with Crippen LogP contribution in [0.3, 0.4) is 0 Å². The maximum absolute atomic E-state index is 11.6. The standard InChI is InChI=1S/C10H16O/c1-2-3-7-4-5-8-6-9(8)10(7)11/h7-9H,2-6H2,1H3/t7-,8-,9+/m1/s1. The van der Waals surface area contributed by atoms with Gasteiger partial charge in [-0.2, -0.15) is 0 Å². The van der Waals surface area contributed by atoms with Gasteiger partial charge in [0.15, 0.2) is 0 Å². The Bertz CT molecular complexity index is 174. The molecule has 0 amide bonds. The zero-order valence-electron chi connectivity index (χ0n) is 7.18. The van der Waals surface area contributed by atoms with Crippen molar-refractivity contribution in [3.8, 4) is 0 Å². The van der Waals surface area contributed by atoms with E-state index in [9.17, 15) is 4.79 Å². The molecule has 0 aromatic rings. The number of carbonyl (C=O) groups excluding carboxylic acids is 1. The number of hydrogen-bond donors (Lipinski definition) is 0. The van der Waals surface area contributed by atoms with Gasteiger partial charge in [-0.25, -0.2) is 0 Å². The van der Waals surface area contributed by atoms with Crippen LogP contribution in [0.4, 0.5) is 0 Å². The summed E-state index contributed by atoms with van der Waals surface area (Å²) in [5, 5.41) is 0. The molecular weight excluding hydrogens is 136 g/mol. The lowest BCUT2D eigenvalue weighted by Gasteiger charge is -2.18. The summed E-state index contributed by atoms with van der Waals surface area (Å²) in [5.74, 6) is 2.38. The van der Waals surface area contributed by atoms with Crippen LogP contribution >= 0.6 is 0 Å². The molecule has 2 rings (SSSR count). The Kier molecular flexibility index (Phi) is 1.74. The quantitative estimate of drug-likeness (QED) is 0.593. The molecule has 0 saturated heterocycles. The normalized spacial score (nSPS) is 41.9. The first kappa shape index (κ1) is 7.33. The molecule has 0 aromatic heterocycles. The first-order valence-electron chi connectivity index (χ1n) is 4.86. The van der Waals surface area contributed by atoms with E-state index in [2.05, 4.69) is 6.92 Å². The molecule has 11 heavy (non-hydrogen) atoms. The van der Waals surface area contributed by atoms with Gasteiger partial charge in [-0.3, -0.25) is 4.79 Å². The lowest BCUT2D eigenvalue weighted by Crippen LogP contribution is -2.21. The molecule has 2 aliphatic carbocycles. The van der Waals surface area contributed by atoms with E-state index in [4.69, 9.17) is 0 Å². The summed E-state index contributed by atoms with van der Waals surface area (Å²) in [6, 6.07) is 0. The number of hydrogen-bond acceptors (Lipinski definition) is 1. The van der Waals surface area contributed by atoms with Crippen molar-refractivity contribution in [1.82, 2.24) is 0 Å². The van der Waals surface area contributed by atoms with Gasteiger partial charge in [0, 0.05) is 11.8 Å². The van der Waals surface area contributed by atoms with Crippen LogP contribution in [0.15, 0.2) is 0 Å². The summed E-state index contributed by atoms with van der Waals surface area (Å²) in [7, 11) is 0. The fraction of sp³-hybridized carbons (Fsp3) is 0.900. The summed E-state index contributed by atoms with van der Waals surface area (Å²) >= 11 is 0.